The van der Waals surface area contributed by atoms with E-state index in [4.69, 9.17) is 5.11 Å². The van der Waals surface area contributed by atoms with Gasteiger partial charge in [0.1, 0.15) is 12.6 Å². The molecule has 0 radical (unpaired) electrons. The fourth-order valence-corrected chi connectivity index (χ4v) is 1.95. The van der Waals surface area contributed by atoms with Gasteiger partial charge in [-0.3, -0.25) is 14.5 Å². The van der Waals surface area contributed by atoms with E-state index in [-0.39, 0.29) is 0 Å². The molecule has 3 amide bonds. The Morgan fingerprint density at radius 1 is 1.33 bits per heavy atom. The summed E-state index contributed by atoms with van der Waals surface area (Å²) in [5.74, 6) is -1.78. The molecule has 1 aromatic rings. The van der Waals surface area contributed by atoms with Gasteiger partial charge in [0.15, 0.2) is 0 Å². The number of nitrogens with zero attached hydrogens (tertiary/aromatic N) is 1. The first kappa shape index (κ1) is 12.6. The van der Waals surface area contributed by atoms with E-state index in [2.05, 4.69) is 21.2 Å². The molecule has 1 aromatic carbocycles. The van der Waals surface area contributed by atoms with Crippen LogP contribution in [-0.2, 0) is 9.59 Å². The van der Waals surface area contributed by atoms with E-state index in [9.17, 15) is 14.4 Å². The summed E-state index contributed by atoms with van der Waals surface area (Å²) in [5.41, 5.74) is 0.615. The minimum Gasteiger partial charge on any atom is -0.480 e. The monoisotopic (exact) mass is 312 g/mol. The summed E-state index contributed by atoms with van der Waals surface area (Å²) in [6.45, 7) is -0.627. The molecule has 1 heterocycles. The molecular formula is C11H9BrN2O4. The molecule has 6 nitrogen and oxygen atoms in total. The number of nitrogens with one attached hydrogen (secondary N) is 1. The molecule has 1 unspecified atom stereocenters. The summed E-state index contributed by atoms with van der Waals surface area (Å²) in [4.78, 5) is 34.6. The standard InChI is InChI=1S/C11H9BrN2O4/c12-7-3-1-6(2-4-7)9-10(17)14(5-8(15)16)11(18)13-9/h1-4,9H,5H2,(H,13,18)(H,15,16). The van der Waals surface area contributed by atoms with Gasteiger partial charge in [0, 0.05) is 4.47 Å². The minimum atomic E-state index is -1.23. The maximum absolute atomic E-state index is 11.9. The molecule has 18 heavy (non-hydrogen) atoms. The molecule has 1 atom stereocenters. The van der Waals surface area contributed by atoms with E-state index in [0.717, 1.165) is 4.47 Å². The third-order valence-corrected chi connectivity index (χ3v) is 3.05. The maximum Gasteiger partial charge on any atom is 0.325 e. The minimum absolute atomic E-state index is 0.551. The van der Waals surface area contributed by atoms with Crippen LogP contribution < -0.4 is 5.32 Å². The number of halogens is 1. The topological polar surface area (TPSA) is 86.7 Å². The lowest BCUT2D eigenvalue weighted by molar-refractivity contribution is -0.141. The molecule has 1 aliphatic heterocycles. The number of carbonyl (C=O) groups excluding carboxylic acids is 2. The lowest BCUT2D eigenvalue weighted by Gasteiger charge is -2.10. The van der Waals surface area contributed by atoms with Gasteiger partial charge in [-0.15, -0.1) is 0 Å². The summed E-state index contributed by atoms with van der Waals surface area (Å²) >= 11 is 3.27. The zero-order chi connectivity index (χ0) is 13.3. The fraction of sp³-hybridized carbons (Fsp3) is 0.182. The molecule has 0 bridgehead atoms. The highest BCUT2D eigenvalue weighted by molar-refractivity contribution is 9.10. The highest BCUT2D eigenvalue weighted by Crippen LogP contribution is 2.23. The molecule has 2 rings (SSSR count). The number of aliphatic carboxylic acids is 1. The van der Waals surface area contributed by atoms with Crippen molar-refractivity contribution in [1.29, 1.82) is 0 Å². The molecule has 94 valence electrons. The largest absolute Gasteiger partial charge is 0.480 e. The Morgan fingerprint density at radius 3 is 2.50 bits per heavy atom. The number of carboxylic acids is 1. The van der Waals surface area contributed by atoms with Crippen LogP contribution in [0.2, 0.25) is 0 Å². The number of imide groups is 1. The molecular weight excluding hydrogens is 304 g/mol. The van der Waals surface area contributed by atoms with Crippen molar-refractivity contribution < 1.29 is 19.5 Å². The van der Waals surface area contributed by atoms with E-state index in [1.54, 1.807) is 24.3 Å². The summed E-state index contributed by atoms with van der Waals surface area (Å²) in [6.07, 6.45) is 0. The van der Waals surface area contributed by atoms with Gasteiger partial charge in [-0.05, 0) is 17.7 Å². The normalized spacial score (nSPS) is 18.9. The second-order valence-electron chi connectivity index (χ2n) is 3.75. The van der Waals surface area contributed by atoms with Crippen molar-refractivity contribution in [2.75, 3.05) is 6.54 Å². The molecule has 1 fully saturated rings. The number of hydrogen-bond acceptors (Lipinski definition) is 3. The van der Waals surface area contributed by atoms with Gasteiger partial charge in [-0.2, -0.15) is 0 Å². The molecule has 0 aliphatic carbocycles. The number of amides is 3. The Bertz CT molecular complexity index is 514. The van der Waals surface area contributed by atoms with E-state index >= 15 is 0 Å². The third kappa shape index (κ3) is 2.35. The molecule has 1 saturated heterocycles. The van der Waals surface area contributed by atoms with Crippen molar-refractivity contribution in [3.63, 3.8) is 0 Å². The van der Waals surface area contributed by atoms with Gasteiger partial charge < -0.3 is 10.4 Å². The average Bonchev–Trinajstić information content (AvgIpc) is 2.58. The van der Waals surface area contributed by atoms with E-state index in [0.29, 0.717) is 10.5 Å². The Morgan fingerprint density at radius 2 is 1.94 bits per heavy atom. The number of rotatable bonds is 3. The Balaban J connectivity index is 2.22. The van der Waals surface area contributed by atoms with Gasteiger partial charge in [0.25, 0.3) is 5.91 Å². The van der Waals surface area contributed by atoms with Gasteiger partial charge in [0.05, 0.1) is 0 Å². The van der Waals surface area contributed by atoms with Crippen molar-refractivity contribution >= 4 is 33.8 Å². The van der Waals surface area contributed by atoms with Crippen LogP contribution in [-0.4, -0.2) is 34.5 Å². The maximum atomic E-state index is 11.9. The second-order valence-corrected chi connectivity index (χ2v) is 4.67. The van der Waals surface area contributed by atoms with Crippen molar-refractivity contribution in [2.45, 2.75) is 6.04 Å². The molecule has 2 N–H and O–H groups in total. The van der Waals surface area contributed by atoms with Crippen LogP contribution in [0.5, 0.6) is 0 Å². The lowest BCUT2D eigenvalue weighted by atomic mass is 10.1. The summed E-state index contributed by atoms with van der Waals surface area (Å²) in [6, 6.07) is 5.37. The van der Waals surface area contributed by atoms with Crippen LogP contribution in [0.15, 0.2) is 28.7 Å². The molecule has 1 aliphatic rings. The number of urea groups is 1. The Kier molecular flexibility index (Phi) is 3.33. The predicted molar refractivity (Wildman–Crippen MR) is 64.8 cm³/mol. The van der Waals surface area contributed by atoms with Crippen LogP contribution in [0.1, 0.15) is 11.6 Å². The van der Waals surface area contributed by atoms with Crippen LogP contribution in [0.4, 0.5) is 4.79 Å². The number of carbonyl (C=O) groups is 3. The summed E-state index contributed by atoms with van der Waals surface area (Å²) in [7, 11) is 0. The lowest BCUT2D eigenvalue weighted by Crippen LogP contribution is -2.35. The van der Waals surface area contributed by atoms with Crippen molar-refractivity contribution in [3.8, 4) is 0 Å². The summed E-state index contributed by atoms with van der Waals surface area (Å²) < 4.78 is 0.852. The first-order valence-corrected chi connectivity index (χ1v) is 5.87. The molecule has 0 saturated carbocycles. The summed E-state index contributed by atoms with van der Waals surface area (Å²) in [5, 5.41) is 11.1. The fourth-order valence-electron chi connectivity index (χ4n) is 1.69. The van der Waals surface area contributed by atoms with E-state index in [1.807, 2.05) is 0 Å². The van der Waals surface area contributed by atoms with Crippen molar-refractivity contribution in [2.24, 2.45) is 0 Å². The second kappa shape index (κ2) is 4.77. The van der Waals surface area contributed by atoms with Gasteiger partial charge in [0.2, 0.25) is 0 Å². The van der Waals surface area contributed by atoms with Crippen LogP contribution in [0.3, 0.4) is 0 Å². The van der Waals surface area contributed by atoms with Gasteiger partial charge >= 0.3 is 12.0 Å². The van der Waals surface area contributed by atoms with Crippen molar-refractivity contribution in [1.82, 2.24) is 10.2 Å². The van der Waals surface area contributed by atoms with E-state index < -0.39 is 30.5 Å². The molecule has 0 spiro atoms. The van der Waals surface area contributed by atoms with Crippen LogP contribution in [0.25, 0.3) is 0 Å². The SMILES string of the molecule is O=C(O)CN1C(=O)NC(c2ccc(Br)cc2)C1=O. The number of benzene rings is 1. The highest BCUT2D eigenvalue weighted by atomic mass is 79.9. The van der Waals surface area contributed by atoms with Crippen LogP contribution >= 0.6 is 15.9 Å². The predicted octanol–water partition coefficient (Wildman–Crippen LogP) is 1.13. The van der Waals surface area contributed by atoms with Gasteiger partial charge in [-0.25, -0.2) is 4.79 Å². The first-order valence-electron chi connectivity index (χ1n) is 5.08. The zero-order valence-corrected chi connectivity index (χ0v) is 10.7. The number of carboxylic acid groups (broad SMARTS) is 1. The Hall–Kier alpha value is -1.89. The van der Waals surface area contributed by atoms with Crippen LogP contribution in [0, 0.1) is 0 Å². The molecule has 7 heteroatoms. The number of hydrogen-bond donors (Lipinski definition) is 2. The van der Waals surface area contributed by atoms with Gasteiger partial charge in [-0.1, -0.05) is 28.1 Å². The highest BCUT2D eigenvalue weighted by Gasteiger charge is 2.39. The smallest absolute Gasteiger partial charge is 0.325 e. The Labute approximate surface area is 111 Å². The average molecular weight is 313 g/mol. The zero-order valence-electron chi connectivity index (χ0n) is 9.09. The molecule has 0 aromatic heterocycles. The quantitative estimate of drug-likeness (QED) is 0.819. The first-order chi connectivity index (χ1) is 8.49. The van der Waals surface area contributed by atoms with Crippen molar-refractivity contribution in [3.05, 3.63) is 34.3 Å². The van der Waals surface area contributed by atoms with E-state index in [1.165, 1.54) is 0 Å². The third-order valence-electron chi connectivity index (χ3n) is 2.52.